The van der Waals surface area contributed by atoms with Crippen LogP contribution < -0.4 is 4.74 Å². The molecular formula is C11H13ClO2. The zero-order chi connectivity index (χ0) is 10.1. The van der Waals surface area contributed by atoms with Crippen LogP contribution in [0.3, 0.4) is 0 Å². The minimum atomic E-state index is -0.472. The summed E-state index contributed by atoms with van der Waals surface area (Å²) in [7, 11) is 0. The Bertz CT molecular complexity index is 349. The van der Waals surface area contributed by atoms with Gasteiger partial charge in [0.25, 0.3) is 0 Å². The summed E-state index contributed by atoms with van der Waals surface area (Å²) in [5.41, 5.74) is 1.94. The molecule has 0 unspecified atom stereocenters. The molecule has 1 N–H and O–H groups in total. The lowest BCUT2D eigenvalue weighted by molar-refractivity contribution is 0.169. The first-order chi connectivity index (χ1) is 6.72. The third kappa shape index (κ3) is 1.60. The van der Waals surface area contributed by atoms with E-state index < -0.39 is 6.10 Å². The van der Waals surface area contributed by atoms with E-state index in [4.69, 9.17) is 16.3 Å². The van der Waals surface area contributed by atoms with Crippen molar-refractivity contribution < 1.29 is 9.84 Å². The topological polar surface area (TPSA) is 29.5 Å². The SMILES string of the molecule is CC[C@@H](O)c1cc(Cl)cc2c1OCC2. The van der Waals surface area contributed by atoms with Gasteiger partial charge in [-0.2, -0.15) is 0 Å². The van der Waals surface area contributed by atoms with Gasteiger partial charge in [-0.1, -0.05) is 18.5 Å². The fraction of sp³-hybridized carbons (Fsp3) is 0.455. The fourth-order valence-corrected chi connectivity index (χ4v) is 2.01. The molecule has 0 radical (unpaired) electrons. The van der Waals surface area contributed by atoms with E-state index in [-0.39, 0.29) is 0 Å². The van der Waals surface area contributed by atoms with Crippen molar-refractivity contribution in [2.45, 2.75) is 25.9 Å². The quantitative estimate of drug-likeness (QED) is 0.817. The van der Waals surface area contributed by atoms with Crippen LogP contribution >= 0.6 is 11.6 Å². The molecule has 0 fully saturated rings. The number of halogens is 1. The van der Waals surface area contributed by atoms with Crippen LogP contribution in [0.15, 0.2) is 12.1 Å². The van der Waals surface area contributed by atoms with Crippen LogP contribution in [-0.2, 0) is 6.42 Å². The predicted octanol–water partition coefficient (Wildman–Crippen LogP) is 2.72. The zero-order valence-electron chi connectivity index (χ0n) is 8.09. The van der Waals surface area contributed by atoms with Crippen LogP contribution in [0.4, 0.5) is 0 Å². The lowest BCUT2D eigenvalue weighted by atomic mass is 10.0. The molecule has 1 heterocycles. The van der Waals surface area contributed by atoms with Gasteiger partial charge < -0.3 is 9.84 Å². The zero-order valence-corrected chi connectivity index (χ0v) is 8.84. The van der Waals surface area contributed by atoms with Crippen LogP contribution in [0.5, 0.6) is 5.75 Å². The van der Waals surface area contributed by atoms with E-state index in [0.717, 1.165) is 23.3 Å². The number of fused-ring (bicyclic) bond motifs is 1. The second kappa shape index (κ2) is 3.79. The number of aliphatic hydroxyl groups excluding tert-OH is 1. The molecule has 0 aliphatic carbocycles. The monoisotopic (exact) mass is 212 g/mol. The molecular weight excluding hydrogens is 200 g/mol. The molecule has 1 aliphatic heterocycles. The molecule has 0 aromatic heterocycles. The van der Waals surface area contributed by atoms with Gasteiger partial charge in [-0.25, -0.2) is 0 Å². The molecule has 0 bridgehead atoms. The van der Waals surface area contributed by atoms with Crippen molar-refractivity contribution in [3.8, 4) is 5.75 Å². The molecule has 1 aromatic rings. The second-order valence-electron chi connectivity index (χ2n) is 3.51. The van der Waals surface area contributed by atoms with E-state index >= 15 is 0 Å². The van der Waals surface area contributed by atoms with Crippen LogP contribution in [0.25, 0.3) is 0 Å². The number of hydrogen-bond acceptors (Lipinski definition) is 2. The second-order valence-corrected chi connectivity index (χ2v) is 3.94. The largest absolute Gasteiger partial charge is 0.493 e. The Labute approximate surface area is 88.5 Å². The van der Waals surface area contributed by atoms with Gasteiger partial charge in [0, 0.05) is 17.0 Å². The molecule has 1 aliphatic rings. The summed E-state index contributed by atoms with van der Waals surface area (Å²) >= 11 is 5.96. The Morgan fingerprint density at radius 1 is 1.57 bits per heavy atom. The van der Waals surface area contributed by atoms with Crippen molar-refractivity contribution in [3.05, 3.63) is 28.3 Å². The molecule has 1 aromatic carbocycles. The van der Waals surface area contributed by atoms with E-state index in [9.17, 15) is 5.11 Å². The fourth-order valence-electron chi connectivity index (χ4n) is 1.77. The number of aliphatic hydroxyl groups is 1. The third-order valence-corrected chi connectivity index (χ3v) is 2.74. The lowest BCUT2D eigenvalue weighted by Crippen LogP contribution is -1.98. The third-order valence-electron chi connectivity index (χ3n) is 2.52. The minimum absolute atomic E-state index is 0.472. The van der Waals surface area contributed by atoms with Crippen molar-refractivity contribution >= 4 is 11.6 Å². The summed E-state index contributed by atoms with van der Waals surface area (Å²) < 4.78 is 5.49. The average molecular weight is 213 g/mol. The van der Waals surface area contributed by atoms with E-state index in [2.05, 4.69) is 0 Å². The molecule has 2 rings (SSSR count). The number of benzene rings is 1. The first kappa shape index (κ1) is 9.81. The van der Waals surface area contributed by atoms with Crippen LogP contribution in [0.1, 0.15) is 30.6 Å². The highest BCUT2D eigenvalue weighted by Crippen LogP contribution is 2.37. The highest BCUT2D eigenvalue weighted by molar-refractivity contribution is 6.30. The van der Waals surface area contributed by atoms with Crippen molar-refractivity contribution in [1.82, 2.24) is 0 Å². The molecule has 3 heteroatoms. The first-order valence-electron chi connectivity index (χ1n) is 4.85. The van der Waals surface area contributed by atoms with Gasteiger partial charge in [0.2, 0.25) is 0 Å². The Hall–Kier alpha value is -0.730. The van der Waals surface area contributed by atoms with Gasteiger partial charge in [-0.05, 0) is 24.1 Å². The Balaban J connectivity index is 2.48. The standard InChI is InChI=1S/C11H13ClO2/c1-2-10(13)9-6-8(12)5-7-3-4-14-11(7)9/h5-6,10,13H,2-4H2,1H3/t10-/m1/s1. The van der Waals surface area contributed by atoms with Crippen molar-refractivity contribution in [2.24, 2.45) is 0 Å². The van der Waals surface area contributed by atoms with Gasteiger partial charge in [0.05, 0.1) is 12.7 Å². The van der Waals surface area contributed by atoms with E-state index in [0.29, 0.717) is 18.1 Å². The normalized spacial score (nSPS) is 16.2. The highest BCUT2D eigenvalue weighted by atomic mass is 35.5. The molecule has 0 saturated heterocycles. The Morgan fingerprint density at radius 3 is 3.07 bits per heavy atom. The molecule has 1 atom stereocenters. The molecule has 0 spiro atoms. The van der Waals surface area contributed by atoms with Crippen molar-refractivity contribution in [3.63, 3.8) is 0 Å². The lowest BCUT2D eigenvalue weighted by Gasteiger charge is -2.13. The van der Waals surface area contributed by atoms with Gasteiger partial charge in [-0.15, -0.1) is 0 Å². The molecule has 0 amide bonds. The summed E-state index contributed by atoms with van der Waals surface area (Å²) in [6.07, 6.45) is 1.09. The maximum Gasteiger partial charge on any atom is 0.128 e. The van der Waals surface area contributed by atoms with Gasteiger partial charge in [0.1, 0.15) is 5.75 Å². The summed E-state index contributed by atoms with van der Waals surface area (Å²) in [6.45, 7) is 2.63. The maximum absolute atomic E-state index is 9.78. The highest BCUT2D eigenvalue weighted by Gasteiger charge is 2.20. The average Bonchev–Trinajstić information content (AvgIpc) is 2.62. The van der Waals surface area contributed by atoms with Gasteiger partial charge >= 0.3 is 0 Å². The Morgan fingerprint density at radius 2 is 2.36 bits per heavy atom. The van der Waals surface area contributed by atoms with Crippen LogP contribution in [-0.4, -0.2) is 11.7 Å². The predicted molar refractivity (Wildman–Crippen MR) is 55.9 cm³/mol. The smallest absolute Gasteiger partial charge is 0.128 e. The van der Waals surface area contributed by atoms with Gasteiger partial charge in [-0.3, -0.25) is 0 Å². The molecule has 14 heavy (non-hydrogen) atoms. The van der Waals surface area contributed by atoms with E-state index in [1.807, 2.05) is 13.0 Å². The summed E-state index contributed by atoms with van der Waals surface area (Å²) in [6, 6.07) is 3.70. The number of rotatable bonds is 2. The molecule has 76 valence electrons. The Kier molecular flexibility index (Phi) is 2.66. The van der Waals surface area contributed by atoms with E-state index in [1.165, 1.54) is 0 Å². The summed E-state index contributed by atoms with van der Waals surface area (Å²) in [5, 5.41) is 10.5. The molecule has 0 saturated carbocycles. The maximum atomic E-state index is 9.78. The summed E-state index contributed by atoms with van der Waals surface area (Å²) in [4.78, 5) is 0. The van der Waals surface area contributed by atoms with Crippen LogP contribution in [0.2, 0.25) is 5.02 Å². The molecule has 2 nitrogen and oxygen atoms in total. The van der Waals surface area contributed by atoms with Crippen molar-refractivity contribution in [2.75, 3.05) is 6.61 Å². The van der Waals surface area contributed by atoms with Crippen molar-refractivity contribution in [1.29, 1.82) is 0 Å². The van der Waals surface area contributed by atoms with Crippen LogP contribution in [0, 0.1) is 0 Å². The minimum Gasteiger partial charge on any atom is -0.493 e. The summed E-state index contributed by atoms with van der Waals surface area (Å²) in [5.74, 6) is 0.837. The number of hydrogen-bond donors (Lipinski definition) is 1. The van der Waals surface area contributed by atoms with E-state index in [1.54, 1.807) is 6.07 Å². The van der Waals surface area contributed by atoms with Gasteiger partial charge in [0.15, 0.2) is 0 Å². The number of ether oxygens (including phenoxy) is 1. The first-order valence-corrected chi connectivity index (χ1v) is 5.23.